The summed E-state index contributed by atoms with van der Waals surface area (Å²) < 4.78 is 29.4. The molecule has 0 bridgehead atoms. The van der Waals surface area contributed by atoms with Gasteiger partial charge in [0.05, 0.1) is 4.90 Å². The summed E-state index contributed by atoms with van der Waals surface area (Å²) in [4.78, 5) is 12.5. The highest BCUT2D eigenvalue weighted by Crippen LogP contribution is 2.21. The average molecular weight is 384 g/mol. The Balaban J connectivity index is 1.75. The zero-order valence-electron chi connectivity index (χ0n) is 15.2. The highest BCUT2D eigenvalue weighted by molar-refractivity contribution is 7.92. The smallest absolute Gasteiger partial charge is 0.262 e. The molecule has 0 radical (unpaired) electrons. The minimum absolute atomic E-state index is 0.236. The van der Waals surface area contributed by atoms with Gasteiger partial charge in [-0.2, -0.15) is 5.10 Å². The lowest BCUT2D eigenvalue weighted by Crippen LogP contribution is -2.15. The molecule has 0 spiro atoms. The van der Waals surface area contributed by atoms with Crippen molar-refractivity contribution in [3.63, 3.8) is 0 Å². The lowest BCUT2D eigenvalue weighted by molar-refractivity contribution is 0.102. The summed E-state index contributed by atoms with van der Waals surface area (Å²) in [5.41, 5.74) is 2.31. The van der Waals surface area contributed by atoms with Crippen LogP contribution < -0.4 is 10.0 Å². The maximum absolute atomic E-state index is 12.6. The van der Waals surface area contributed by atoms with Crippen LogP contribution in [0.4, 0.5) is 11.5 Å². The largest absolute Gasteiger partial charge is 0.305 e. The third kappa shape index (κ3) is 4.35. The van der Waals surface area contributed by atoms with Gasteiger partial charge in [0.1, 0.15) is 0 Å². The third-order valence-electron chi connectivity index (χ3n) is 3.99. The summed E-state index contributed by atoms with van der Waals surface area (Å²) in [7, 11) is -1.95. The summed E-state index contributed by atoms with van der Waals surface area (Å²) in [5.74, 6) is 0.125. The molecule has 3 aromatic rings. The van der Waals surface area contributed by atoms with Crippen LogP contribution in [0.2, 0.25) is 0 Å². The van der Waals surface area contributed by atoms with E-state index in [2.05, 4.69) is 15.1 Å². The van der Waals surface area contributed by atoms with Gasteiger partial charge < -0.3 is 5.32 Å². The molecule has 2 N–H and O–H groups in total. The first-order valence-corrected chi connectivity index (χ1v) is 9.74. The highest BCUT2D eigenvalue weighted by atomic mass is 32.2. The minimum Gasteiger partial charge on any atom is -0.305 e. The molecule has 0 atom stereocenters. The molecule has 0 aliphatic carbocycles. The highest BCUT2D eigenvalue weighted by Gasteiger charge is 2.17. The lowest BCUT2D eigenvalue weighted by atomic mass is 10.2. The van der Waals surface area contributed by atoms with E-state index >= 15 is 0 Å². The fourth-order valence-electron chi connectivity index (χ4n) is 2.57. The Labute approximate surface area is 158 Å². The maximum atomic E-state index is 12.6. The van der Waals surface area contributed by atoms with Crippen molar-refractivity contribution in [2.45, 2.75) is 18.7 Å². The van der Waals surface area contributed by atoms with Crippen LogP contribution in [0.25, 0.3) is 0 Å². The van der Waals surface area contributed by atoms with Crippen LogP contribution in [-0.2, 0) is 17.1 Å². The average Bonchev–Trinajstić information content (AvgIpc) is 3.02. The number of benzene rings is 2. The molecule has 0 saturated carbocycles. The Morgan fingerprint density at radius 3 is 2.37 bits per heavy atom. The second-order valence-electron chi connectivity index (χ2n) is 6.28. The molecule has 1 amide bonds. The molecule has 0 aliphatic rings. The minimum atomic E-state index is -3.71. The monoisotopic (exact) mass is 384 g/mol. The quantitative estimate of drug-likeness (QED) is 0.707. The van der Waals surface area contributed by atoms with Crippen LogP contribution in [0.1, 0.15) is 21.5 Å². The number of nitrogens with one attached hydrogen (secondary N) is 2. The van der Waals surface area contributed by atoms with E-state index in [1.54, 1.807) is 67.3 Å². The van der Waals surface area contributed by atoms with Crippen molar-refractivity contribution >= 4 is 27.4 Å². The zero-order valence-corrected chi connectivity index (χ0v) is 16.0. The number of carbonyl (C=O) groups is 1. The Hall–Kier alpha value is -3.13. The number of amides is 1. The van der Waals surface area contributed by atoms with E-state index in [0.29, 0.717) is 22.6 Å². The number of carbonyl (C=O) groups excluding carboxylic acids is 1. The second kappa shape index (κ2) is 7.24. The van der Waals surface area contributed by atoms with Crippen LogP contribution in [0.5, 0.6) is 0 Å². The van der Waals surface area contributed by atoms with Crippen molar-refractivity contribution < 1.29 is 13.2 Å². The van der Waals surface area contributed by atoms with Gasteiger partial charge >= 0.3 is 0 Å². The summed E-state index contributed by atoms with van der Waals surface area (Å²) in [6.07, 6.45) is 1.72. The van der Waals surface area contributed by atoms with E-state index in [1.165, 1.54) is 0 Å². The lowest BCUT2D eigenvalue weighted by Gasteiger charge is -2.11. The molecule has 1 aromatic heterocycles. The van der Waals surface area contributed by atoms with Gasteiger partial charge in [-0.15, -0.1) is 0 Å². The summed E-state index contributed by atoms with van der Waals surface area (Å²) in [6.45, 7) is 3.59. The Morgan fingerprint density at radius 2 is 1.74 bits per heavy atom. The van der Waals surface area contributed by atoms with Crippen LogP contribution in [0.3, 0.4) is 0 Å². The molecular formula is C19H20N4O3S. The Bertz CT molecular complexity index is 1090. The molecule has 0 unspecified atom stereocenters. The van der Waals surface area contributed by atoms with Crippen molar-refractivity contribution in [2.24, 2.45) is 7.05 Å². The first-order valence-electron chi connectivity index (χ1n) is 8.26. The molecule has 0 saturated heterocycles. The van der Waals surface area contributed by atoms with Gasteiger partial charge in [-0.05, 0) is 55.3 Å². The number of sulfonamides is 1. The Morgan fingerprint density at radius 1 is 1.04 bits per heavy atom. The van der Waals surface area contributed by atoms with Gasteiger partial charge in [-0.1, -0.05) is 12.1 Å². The van der Waals surface area contributed by atoms with Crippen molar-refractivity contribution in [2.75, 3.05) is 10.0 Å². The number of hydrogen-bond acceptors (Lipinski definition) is 4. The van der Waals surface area contributed by atoms with Crippen molar-refractivity contribution in [3.8, 4) is 0 Å². The molecular weight excluding hydrogens is 364 g/mol. The van der Waals surface area contributed by atoms with E-state index in [9.17, 15) is 13.2 Å². The second-order valence-corrected chi connectivity index (χ2v) is 7.93. The van der Waals surface area contributed by atoms with E-state index < -0.39 is 10.0 Å². The maximum Gasteiger partial charge on any atom is 0.262 e. The first kappa shape index (κ1) is 18.7. The van der Waals surface area contributed by atoms with E-state index in [4.69, 9.17) is 0 Å². The van der Waals surface area contributed by atoms with E-state index in [-0.39, 0.29) is 10.8 Å². The fourth-order valence-corrected chi connectivity index (χ4v) is 3.96. The van der Waals surface area contributed by atoms with Gasteiger partial charge in [0.15, 0.2) is 5.82 Å². The molecule has 2 aromatic carbocycles. The summed E-state index contributed by atoms with van der Waals surface area (Å²) in [5, 5.41) is 6.76. The van der Waals surface area contributed by atoms with Crippen LogP contribution >= 0.6 is 0 Å². The molecule has 7 nitrogen and oxygen atoms in total. The van der Waals surface area contributed by atoms with Gasteiger partial charge in [0, 0.05) is 30.6 Å². The van der Waals surface area contributed by atoms with Gasteiger partial charge in [-0.3, -0.25) is 14.2 Å². The number of aromatic nitrogens is 2. The number of aryl methyl sites for hydroxylation is 3. The van der Waals surface area contributed by atoms with Crippen molar-refractivity contribution in [1.29, 1.82) is 0 Å². The zero-order chi connectivity index (χ0) is 19.6. The van der Waals surface area contributed by atoms with E-state index in [1.807, 2.05) is 13.0 Å². The summed E-state index contributed by atoms with van der Waals surface area (Å²) in [6, 6.07) is 13.2. The number of nitrogens with zero attached hydrogens (tertiary/aromatic N) is 2. The van der Waals surface area contributed by atoms with Gasteiger partial charge in [-0.25, -0.2) is 8.42 Å². The molecule has 140 valence electrons. The van der Waals surface area contributed by atoms with Crippen LogP contribution in [0, 0.1) is 13.8 Å². The summed E-state index contributed by atoms with van der Waals surface area (Å²) >= 11 is 0. The Kier molecular flexibility index (Phi) is 5.00. The topological polar surface area (TPSA) is 93.1 Å². The SMILES string of the molecule is Cc1ccc(C)c(S(=O)(=O)Nc2ccc(C(=O)Nc3ccn(C)n3)cc2)c1. The van der Waals surface area contributed by atoms with Crippen LogP contribution in [0.15, 0.2) is 59.6 Å². The predicted molar refractivity (Wildman–Crippen MR) is 104 cm³/mol. The molecule has 8 heteroatoms. The fraction of sp³-hybridized carbons (Fsp3) is 0.158. The molecule has 1 heterocycles. The van der Waals surface area contributed by atoms with Gasteiger partial charge in [0.2, 0.25) is 0 Å². The number of rotatable bonds is 5. The molecule has 27 heavy (non-hydrogen) atoms. The van der Waals surface area contributed by atoms with Crippen molar-refractivity contribution in [3.05, 3.63) is 71.4 Å². The predicted octanol–water partition coefficient (Wildman–Crippen LogP) is 3.09. The third-order valence-corrected chi connectivity index (χ3v) is 5.51. The number of hydrogen-bond donors (Lipinski definition) is 2. The number of anilines is 2. The normalized spacial score (nSPS) is 11.2. The van der Waals surface area contributed by atoms with Gasteiger partial charge in [0.25, 0.3) is 15.9 Å². The van der Waals surface area contributed by atoms with E-state index in [0.717, 1.165) is 5.56 Å². The van der Waals surface area contributed by atoms with Crippen molar-refractivity contribution in [1.82, 2.24) is 9.78 Å². The standard InChI is InChI=1S/C19H20N4O3S/c1-13-4-5-14(2)17(12-13)27(25,26)22-16-8-6-15(7-9-16)19(24)20-18-10-11-23(3)21-18/h4-12,22H,1-3H3,(H,20,21,24). The molecule has 0 fully saturated rings. The van der Waals surface area contributed by atoms with Crippen LogP contribution in [-0.4, -0.2) is 24.1 Å². The first-order chi connectivity index (χ1) is 12.7. The molecule has 3 rings (SSSR count). The molecule has 0 aliphatic heterocycles.